The van der Waals surface area contributed by atoms with Crippen molar-refractivity contribution in [1.82, 2.24) is 10.6 Å². The summed E-state index contributed by atoms with van der Waals surface area (Å²) in [6, 6.07) is 11.4. The van der Waals surface area contributed by atoms with Crippen LogP contribution in [0.5, 0.6) is 0 Å². The maximum absolute atomic E-state index is 12.8. The fourth-order valence-electron chi connectivity index (χ4n) is 2.24. The summed E-state index contributed by atoms with van der Waals surface area (Å²) < 4.78 is 51.0. The number of nitrogens with zero attached hydrogens (tertiary/aromatic N) is 1. The van der Waals surface area contributed by atoms with Gasteiger partial charge in [0, 0.05) is 20.1 Å². The maximum Gasteiger partial charge on any atom is 0.416 e. The number of alkyl halides is 3. The van der Waals surface area contributed by atoms with E-state index in [1.165, 1.54) is 18.2 Å². The van der Waals surface area contributed by atoms with Crippen LogP contribution in [0.1, 0.15) is 16.7 Å². The molecule has 0 bridgehead atoms. The van der Waals surface area contributed by atoms with Crippen molar-refractivity contribution >= 4 is 29.9 Å². The normalized spacial score (nSPS) is 11.7. The lowest BCUT2D eigenvalue weighted by Gasteiger charge is -2.13. The zero-order valence-electron chi connectivity index (χ0n) is 14.1. The predicted octanol–water partition coefficient (Wildman–Crippen LogP) is 4.37. The van der Waals surface area contributed by atoms with E-state index < -0.39 is 11.7 Å². The minimum absolute atomic E-state index is 0. The molecule has 0 aliphatic rings. The smallest absolute Gasteiger partial charge is 0.356 e. The maximum atomic E-state index is 12.8. The molecule has 26 heavy (non-hydrogen) atoms. The van der Waals surface area contributed by atoms with Crippen LogP contribution in [0.4, 0.5) is 17.6 Å². The fraction of sp³-hybridized carbons (Fsp3) is 0.278. The highest BCUT2D eigenvalue weighted by Gasteiger charge is 2.30. The van der Waals surface area contributed by atoms with Gasteiger partial charge >= 0.3 is 6.18 Å². The Labute approximate surface area is 166 Å². The summed E-state index contributed by atoms with van der Waals surface area (Å²) in [7, 11) is 1.58. The molecule has 0 saturated heterocycles. The molecule has 0 spiro atoms. The van der Waals surface area contributed by atoms with Crippen LogP contribution in [0, 0.1) is 5.82 Å². The summed E-state index contributed by atoms with van der Waals surface area (Å²) in [5.74, 6) is 0.204. The van der Waals surface area contributed by atoms with E-state index >= 15 is 0 Å². The van der Waals surface area contributed by atoms with E-state index in [0.717, 1.165) is 17.7 Å². The zero-order valence-corrected chi connectivity index (χ0v) is 16.4. The number of halogens is 5. The SMILES string of the molecule is CN=C(NCCc1ccc(F)cc1)NCc1cccc(C(F)(F)F)c1.I. The Bertz CT molecular complexity index is 715. The monoisotopic (exact) mass is 481 g/mol. The van der Waals surface area contributed by atoms with Gasteiger partial charge in [0.25, 0.3) is 0 Å². The minimum Gasteiger partial charge on any atom is -0.356 e. The molecule has 0 atom stereocenters. The molecule has 8 heteroatoms. The third-order valence-electron chi connectivity index (χ3n) is 3.56. The summed E-state index contributed by atoms with van der Waals surface area (Å²) in [5.41, 5.74) is 0.810. The quantitative estimate of drug-likeness (QED) is 0.288. The third-order valence-corrected chi connectivity index (χ3v) is 3.56. The highest BCUT2D eigenvalue weighted by atomic mass is 127. The van der Waals surface area contributed by atoms with Gasteiger partial charge in [-0.15, -0.1) is 24.0 Å². The van der Waals surface area contributed by atoms with Gasteiger partial charge in [-0.3, -0.25) is 4.99 Å². The molecule has 0 saturated carbocycles. The van der Waals surface area contributed by atoms with Gasteiger partial charge in [0.2, 0.25) is 0 Å². The molecule has 142 valence electrons. The first-order valence-corrected chi connectivity index (χ1v) is 7.73. The first kappa shape index (κ1) is 22.2. The van der Waals surface area contributed by atoms with E-state index in [-0.39, 0.29) is 36.3 Å². The number of nitrogens with one attached hydrogen (secondary N) is 2. The molecule has 2 aromatic rings. The molecular weight excluding hydrogens is 461 g/mol. The number of rotatable bonds is 5. The van der Waals surface area contributed by atoms with Crippen LogP contribution in [0.15, 0.2) is 53.5 Å². The first-order valence-electron chi connectivity index (χ1n) is 7.73. The summed E-state index contributed by atoms with van der Waals surface area (Å²) in [6.07, 6.45) is -3.68. The largest absolute Gasteiger partial charge is 0.416 e. The van der Waals surface area contributed by atoms with Gasteiger partial charge in [-0.1, -0.05) is 24.3 Å². The van der Waals surface area contributed by atoms with Crippen molar-refractivity contribution in [2.75, 3.05) is 13.6 Å². The molecule has 0 aromatic heterocycles. The minimum atomic E-state index is -4.36. The van der Waals surface area contributed by atoms with Gasteiger partial charge < -0.3 is 10.6 Å². The molecule has 2 aromatic carbocycles. The van der Waals surface area contributed by atoms with E-state index in [0.29, 0.717) is 24.5 Å². The van der Waals surface area contributed by atoms with Gasteiger partial charge in [0.15, 0.2) is 5.96 Å². The lowest BCUT2D eigenvalue weighted by atomic mass is 10.1. The van der Waals surface area contributed by atoms with E-state index in [1.54, 1.807) is 25.2 Å². The molecule has 0 fully saturated rings. The van der Waals surface area contributed by atoms with Crippen LogP contribution in [0.3, 0.4) is 0 Å². The average Bonchev–Trinajstić information content (AvgIpc) is 2.59. The Morgan fingerprint density at radius 3 is 2.31 bits per heavy atom. The number of benzene rings is 2. The summed E-state index contributed by atoms with van der Waals surface area (Å²) in [6.45, 7) is 0.786. The Hall–Kier alpha value is -1.84. The van der Waals surface area contributed by atoms with Gasteiger partial charge in [-0.2, -0.15) is 13.2 Å². The first-order chi connectivity index (χ1) is 11.9. The van der Waals surface area contributed by atoms with Crippen molar-refractivity contribution in [3.05, 3.63) is 71.0 Å². The molecule has 0 amide bonds. The lowest BCUT2D eigenvalue weighted by molar-refractivity contribution is -0.137. The van der Waals surface area contributed by atoms with Crippen LogP contribution in [-0.2, 0) is 19.1 Å². The van der Waals surface area contributed by atoms with Crippen molar-refractivity contribution in [1.29, 1.82) is 0 Å². The second kappa shape index (κ2) is 10.3. The van der Waals surface area contributed by atoms with Crippen molar-refractivity contribution < 1.29 is 17.6 Å². The van der Waals surface area contributed by atoms with Gasteiger partial charge in [-0.05, 0) is 41.8 Å². The van der Waals surface area contributed by atoms with Gasteiger partial charge in [0.05, 0.1) is 5.56 Å². The van der Waals surface area contributed by atoms with Crippen molar-refractivity contribution in [2.24, 2.45) is 4.99 Å². The summed E-state index contributed by atoms with van der Waals surface area (Å²) >= 11 is 0. The highest BCUT2D eigenvalue weighted by Crippen LogP contribution is 2.29. The van der Waals surface area contributed by atoms with Gasteiger partial charge in [0.1, 0.15) is 5.82 Å². The van der Waals surface area contributed by atoms with E-state index in [9.17, 15) is 17.6 Å². The van der Waals surface area contributed by atoms with E-state index in [4.69, 9.17) is 0 Å². The van der Waals surface area contributed by atoms with E-state index in [1.807, 2.05) is 0 Å². The molecule has 0 radical (unpaired) electrons. The lowest BCUT2D eigenvalue weighted by Crippen LogP contribution is -2.37. The molecule has 0 heterocycles. The number of hydrogen-bond donors (Lipinski definition) is 2. The van der Waals surface area contributed by atoms with E-state index in [2.05, 4.69) is 15.6 Å². The predicted molar refractivity (Wildman–Crippen MR) is 105 cm³/mol. The molecule has 0 unspecified atom stereocenters. The highest BCUT2D eigenvalue weighted by molar-refractivity contribution is 14.0. The molecule has 2 N–H and O–H groups in total. The van der Waals surface area contributed by atoms with Crippen molar-refractivity contribution in [3.8, 4) is 0 Å². The fourth-order valence-corrected chi connectivity index (χ4v) is 2.24. The molecule has 0 aliphatic heterocycles. The zero-order chi connectivity index (χ0) is 18.3. The van der Waals surface area contributed by atoms with Crippen molar-refractivity contribution in [2.45, 2.75) is 19.1 Å². The number of aliphatic imine (C=N–C) groups is 1. The molecule has 0 aliphatic carbocycles. The van der Waals surface area contributed by atoms with Crippen LogP contribution in [0.25, 0.3) is 0 Å². The standard InChI is InChI=1S/C18H19F4N3.HI/c1-23-17(24-10-9-13-5-7-16(19)8-6-13)25-12-14-3-2-4-15(11-14)18(20,21)22;/h2-8,11H,9-10,12H2,1H3,(H2,23,24,25);1H. The number of guanidine groups is 1. The molecule has 3 nitrogen and oxygen atoms in total. The average molecular weight is 481 g/mol. The molecular formula is C18H20F4IN3. The van der Waals surface area contributed by atoms with Gasteiger partial charge in [-0.25, -0.2) is 4.39 Å². The Balaban J connectivity index is 0.00000338. The Morgan fingerprint density at radius 2 is 1.69 bits per heavy atom. The Kier molecular flexibility index (Phi) is 8.83. The van der Waals surface area contributed by atoms with Crippen LogP contribution in [-0.4, -0.2) is 19.6 Å². The molecule has 2 rings (SSSR count). The second-order valence-corrected chi connectivity index (χ2v) is 5.43. The summed E-state index contributed by atoms with van der Waals surface area (Å²) in [4.78, 5) is 4.03. The second-order valence-electron chi connectivity index (χ2n) is 5.43. The van der Waals surface area contributed by atoms with Crippen LogP contribution < -0.4 is 10.6 Å². The van der Waals surface area contributed by atoms with Crippen LogP contribution >= 0.6 is 24.0 Å². The third kappa shape index (κ3) is 7.19. The van der Waals surface area contributed by atoms with Crippen LogP contribution in [0.2, 0.25) is 0 Å². The summed E-state index contributed by atoms with van der Waals surface area (Å²) in [5, 5.41) is 6.04. The topological polar surface area (TPSA) is 36.4 Å². The van der Waals surface area contributed by atoms with Crippen molar-refractivity contribution in [3.63, 3.8) is 0 Å². The Morgan fingerprint density at radius 1 is 1.00 bits per heavy atom. The number of hydrogen-bond acceptors (Lipinski definition) is 1.